The molecule has 1 aliphatic heterocycles. The van der Waals surface area contributed by atoms with Gasteiger partial charge in [0, 0.05) is 23.2 Å². The first-order chi connectivity index (χ1) is 15.0. The van der Waals surface area contributed by atoms with Crippen LogP contribution in [0.15, 0.2) is 30.7 Å². The van der Waals surface area contributed by atoms with Crippen molar-refractivity contribution >= 4 is 38.7 Å². The normalized spacial score (nSPS) is 17.0. The van der Waals surface area contributed by atoms with E-state index in [1.165, 1.54) is 6.33 Å². The highest BCUT2D eigenvalue weighted by atomic mass is 32.1. The Morgan fingerprint density at radius 3 is 2.97 bits per heavy atom. The molecule has 160 valence electrons. The van der Waals surface area contributed by atoms with Crippen LogP contribution in [0.2, 0.25) is 0 Å². The minimum Gasteiger partial charge on any atom is -0.495 e. The van der Waals surface area contributed by atoms with E-state index in [4.69, 9.17) is 16.2 Å². The second kappa shape index (κ2) is 7.51. The van der Waals surface area contributed by atoms with Crippen molar-refractivity contribution in [3.05, 3.63) is 41.9 Å². The predicted octanol–water partition coefficient (Wildman–Crippen LogP) is 2.96. The summed E-state index contributed by atoms with van der Waals surface area (Å²) in [5.41, 5.74) is 15.9. The lowest BCUT2D eigenvalue weighted by Gasteiger charge is -2.21. The van der Waals surface area contributed by atoms with Crippen LogP contribution in [0.25, 0.3) is 26.0 Å². The van der Waals surface area contributed by atoms with Gasteiger partial charge < -0.3 is 16.2 Å². The summed E-state index contributed by atoms with van der Waals surface area (Å²) in [7, 11) is 1.69. The summed E-state index contributed by atoms with van der Waals surface area (Å²) in [4.78, 5) is 19.3. The number of carbonyl (C=O) groups is 1. The first-order valence-corrected chi connectivity index (χ1v) is 11.0. The molecule has 9 heteroatoms. The number of fused-ring (bicyclic) bond motifs is 2. The molecular weight excluding hydrogens is 412 g/mol. The smallest absolute Gasteiger partial charge is 0.234 e. The van der Waals surface area contributed by atoms with Gasteiger partial charge in [0.1, 0.15) is 17.6 Å². The molecule has 0 unspecified atom stereocenters. The van der Waals surface area contributed by atoms with Crippen molar-refractivity contribution in [3.8, 4) is 16.2 Å². The number of amides is 1. The van der Waals surface area contributed by atoms with Gasteiger partial charge in [-0.05, 0) is 55.0 Å². The average molecular weight is 437 g/mol. The van der Waals surface area contributed by atoms with Gasteiger partial charge in [-0.1, -0.05) is 6.07 Å². The molecule has 8 nitrogen and oxygen atoms in total. The van der Waals surface area contributed by atoms with Crippen LogP contribution in [-0.2, 0) is 11.3 Å². The fourth-order valence-corrected chi connectivity index (χ4v) is 5.79. The molecule has 4 N–H and O–H groups in total. The topological polar surface area (TPSA) is 112 Å². The number of anilines is 1. The van der Waals surface area contributed by atoms with Crippen LogP contribution in [0.5, 0.6) is 5.75 Å². The van der Waals surface area contributed by atoms with E-state index in [2.05, 4.69) is 34.0 Å². The lowest BCUT2D eigenvalue weighted by molar-refractivity contribution is -0.122. The summed E-state index contributed by atoms with van der Waals surface area (Å²) in [5, 5.41) is 5.49. The lowest BCUT2D eigenvalue weighted by Crippen LogP contribution is -2.39. The molecule has 0 radical (unpaired) electrons. The molecule has 31 heavy (non-hydrogen) atoms. The van der Waals surface area contributed by atoms with Gasteiger partial charge >= 0.3 is 0 Å². The number of hydrogen-bond acceptors (Lipinski definition) is 7. The number of methoxy groups -OCH3 is 1. The number of aromatic nitrogens is 3. The number of thiophene rings is 1. The van der Waals surface area contributed by atoms with Gasteiger partial charge in [0.05, 0.1) is 17.9 Å². The number of hydrogen-bond donors (Lipinski definition) is 2. The SMILES string of the molecule is COc1cc(C)cc2cc(-c3c(CN4CCC[C@H]4C(N)=O)cn4ncnc(N)c34)sc12. The summed E-state index contributed by atoms with van der Waals surface area (Å²) >= 11 is 1.66. The van der Waals surface area contributed by atoms with E-state index < -0.39 is 0 Å². The number of ether oxygens (including phenoxy) is 1. The molecule has 1 fully saturated rings. The number of nitrogen functional groups attached to an aromatic ring is 1. The Morgan fingerprint density at radius 2 is 2.19 bits per heavy atom. The third-order valence-corrected chi connectivity index (χ3v) is 7.12. The summed E-state index contributed by atoms with van der Waals surface area (Å²) in [6.07, 6.45) is 5.18. The Balaban J connectivity index is 1.70. The van der Waals surface area contributed by atoms with Crippen LogP contribution in [-0.4, -0.2) is 45.1 Å². The maximum absolute atomic E-state index is 11.9. The molecule has 1 aromatic carbocycles. The molecule has 4 heterocycles. The van der Waals surface area contributed by atoms with Gasteiger partial charge in [-0.3, -0.25) is 9.69 Å². The number of likely N-dealkylation sites (tertiary alicyclic amines) is 1. The minimum atomic E-state index is -0.274. The molecule has 0 spiro atoms. The zero-order valence-corrected chi connectivity index (χ0v) is 18.3. The highest BCUT2D eigenvalue weighted by Gasteiger charge is 2.30. The molecular formula is C22H24N6O2S. The van der Waals surface area contributed by atoms with Crippen molar-refractivity contribution in [2.75, 3.05) is 19.4 Å². The zero-order chi connectivity index (χ0) is 21.7. The van der Waals surface area contributed by atoms with Crippen LogP contribution in [0.1, 0.15) is 24.0 Å². The van der Waals surface area contributed by atoms with E-state index in [9.17, 15) is 4.79 Å². The Hall–Kier alpha value is -3.17. The number of carbonyl (C=O) groups excluding carboxylic acids is 1. The van der Waals surface area contributed by atoms with E-state index in [1.54, 1.807) is 23.0 Å². The largest absolute Gasteiger partial charge is 0.495 e. The van der Waals surface area contributed by atoms with E-state index in [0.29, 0.717) is 12.4 Å². The first-order valence-electron chi connectivity index (χ1n) is 10.2. The molecule has 1 saturated heterocycles. The Labute approximate surface area is 183 Å². The second-order valence-corrected chi connectivity index (χ2v) is 9.05. The molecule has 5 rings (SSSR count). The fourth-order valence-electron chi connectivity index (χ4n) is 4.57. The van der Waals surface area contributed by atoms with E-state index >= 15 is 0 Å². The molecule has 1 atom stereocenters. The molecule has 0 aliphatic carbocycles. The molecule has 4 aromatic rings. The number of nitrogens with zero attached hydrogens (tertiary/aromatic N) is 4. The third kappa shape index (κ3) is 3.30. The van der Waals surface area contributed by atoms with Gasteiger partial charge in [0.15, 0.2) is 5.82 Å². The van der Waals surface area contributed by atoms with Crippen molar-refractivity contribution in [1.82, 2.24) is 19.5 Å². The Kier molecular flexibility index (Phi) is 4.79. The third-order valence-electron chi connectivity index (χ3n) is 5.94. The summed E-state index contributed by atoms with van der Waals surface area (Å²) in [6, 6.07) is 6.11. The van der Waals surface area contributed by atoms with Crippen LogP contribution >= 0.6 is 11.3 Å². The van der Waals surface area contributed by atoms with Crippen LogP contribution in [0.4, 0.5) is 5.82 Å². The predicted molar refractivity (Wildman–Crippen MR) is 122 cm³/mol. The quantitative estimate of drug-likeness (QED) is 0.497. The summed E-state index contributed by atoms with van der Waals surface area (Å²) in [5.74, 6) is 1.00. The van der Waals surface area contributed by atoms with Gasteiger partial charge in [-0.15, -0.1) is 11.3 Å². The van der Waals surface area contributed by atoms with Crippen LogP contribution < -0.4 is 16.2 Å². The van der Waals surface area contributed by atoms with Crippen LogP contribution in [0.3, 0.4) is 0 Å². The molecule has 0 saturated carbocycles. The number of primary amides is 1. The lowest BCUT2D eigenvalue weighted by atomic mass is 10.1. The van der Waals surface area contributed by atoms with Crippen molar-refractivity contribution in [3.63, 3.8) is 0 Å². The van der Waals surface area contributed by atoms with Gasteiger partial charge in [-0.25, -0.2) is 9.50 Å². The summed E-state index contributed by atoms with van der Waals surface area (Å²) in [6.45, 7) is 3.48. The van der Waals surface area contributed by atoms with Gasteiger partial charge in [-0.2, -0.15) is 5.10 Å². The molecule has 0 bridgehead atoms. The Morgan fingerprint density at radius 1 is 1.35 bits per heavy atom. The van der Waals surface area contributed by atoms with Crippen molar-refractivity contribution in [1.29, 1.82) is 0 Å². The molecule has 1 aliphatic rings. The summed E-state index contributed by atoms with van der Waals surface area (Å²) < 4.78 is 8.48. The van der Waals surface area contributed by atoms with E-state index in [1.807, 2.05) is 12.3 Å². The van der Waals surface area contributed by atoms with Gasteiger partial charge in [0.2, 0.25) is 5.91 Å². The number of rotatable bonds is 5. The van der Waals surface area contributed by atoms with Crippen LogP contribution in [0, 0.1) is 6.92 Å². The highest BCUT2D eigenvalue weighted by Crippen LogP contribution is 2.43. The molecule has 1 amide bonds. The van der Waals surface area contributed by atoms with E-state index in [0.717, 1.165) is 62.3 Å². The maximum Gasteiger partial charge on any atom is 0.234 e. The Bertz CT molecular complexity index is 1310. The van der Waals surface area contributed by atoms with Crippen molar-refractivity contribution in [2.24, 2.45) is 5.73 Å². The fraction of sp³-hybridized carbons (Fsp3) is 0.318. The number of nitrogens with two attached hydrogens (primary N) is 2. The van der Waals surface area contributed by atoms with Crippen molar-refractivity contribution in [2.45, 2.75) is 32.4 Å². The number of benzene rings is 1. The number of aryl methyl sites for hydroxylation is 1. The zero-order valence-electron chi connectivity index (χ0n) is 17.5. The monoisotopic (exact) mass is 436 g/mol. The first kappa shape index (κ1) is 19.8. The maximum atomic E-state index is 11.9. The van der Waals surface area contributed by atoms with Crippen molar-refractivity contribution < 1.29 is 9.53 Å². The average Bonchev–Trinajstić information content (AvgIpc) is 3.44. The standard InChI is InChI=1S/C22H24N6O2S/c1-12-6-13-8-17(31-20(13)16(7-12)30-2)18-14(9-27-5-3-4-15(27)22(24)29)10-28-19(18)21(23)25-11-26-28/h6-8,10-11,15H,3-5,9H2,1-2H3,(H2,24,29)(H2,23,25,26)/t15-/m0/s1. The van der Waals surface area contributed by atoms with Gasteiger partial charge in [0.25, 0.3) is 0 Å². The highest BCUT2D eigenvalue weighted by molar-refractivity contribution is 7.22. The van der Waals surface area contributed by atoms with E-state index in [-0.39, 0.29) is 11.9 Å². The second-order valence-electron chi connectivity index (χ2n) is 7.99. The molecule has 3 aromatic heterocycles. The minimum absolute atomic E-state index is 0.246.